The summed E-state index contributed by atoms with van der Waals surface area (Å²) in [7, 11) is -3.09. The molecule has 2 atom stereocenters. The van der Waals surface area contributed by atoms with Gasteiger partial charge in [-0.25, -0.2) is 13.1 Å². The Morgan fingerprint density at radius 1 is 1.10 bits per heavy atom. The Hall–Kier alpha value is -0.0900. The van der Waals surface area contributed by atoms with Gasteiger partial charge < -0.3 is 0 Å². The maximum absolute atomic E-state index is 12.1. The van der Waals surface area contributed by atoms with Gasteiger partial charge in [0.1, 0.15) is 0 Å². The minimum absolute atomic E-state index is 0.104. The Bertz CT molecular complexity index is 475. The van der Waals surface area contributed by atoms with Crippen LogP contribution >= 0.6 is 0 Å². The van der Waals surface area contributed by atoms with Gasteiger partial charge in [0, 0.05) is 5.54 Å². The molecule has 0 aromatic carbocycles. The summed E-state index contributed by atoms with van der Waals surface area (Å²) in [6.45, 7) is 8.83. The molecule has 4 heteroatoms. The van der Waals surface area contributed by atoms with Crippen LogP contribution in [-0.2, 0) is 10.0 Å². The van der Waals surface area contributed by atoms with Crippen molar-refractivity contribution in [1.82, 2.24) is 4.72 Å². The van der Waals surface area contributed by atoms with Crippen molar-refractivity contribution in [2.75, 3.05) is 5.75 Å². The molecule has 0 aromatic heterocycles. The molecule has 0 amide bonds. The normalized spacial score (nSPS) is 44.0. The third kappa shape index (κ3) is 2.43. The first-order chi connectivity index (χ1) is 9.14. The third-order valence-electron chi connectivity index (χ3n) is 6.03. The van der Waals surface area contributed by atoms with Crippen LogP contribution in [0.2, 0.25) is 0 Å². The summed E-state index contributed by atoms with van der Waals surface area (Å²) in [4.78, 5) is 0. The molecule has 0 spiro atoms. The van der Waals surface area contributed by atoms with Gasteiger partial charge in [0.15, 0.2) is 0 Å². The Labute approximate surface area is 124 Å². The van der Waals surface area contributed by atoms with Gasteiger partial charge in [0.05, 0.1) is 5.75 Å². The minimum Gasteiger partial charge on any atom is -0.212 e. The summed E-state index contributed by atoms with van der Waals surface area (Å²) in [5.74, 6) is 3.18. The molecular weight excluding hydrogens is 270 g/mol. The summed E-state index contributed by atoms with van der Waals surface area (Å²) in [6.07, 6.45) is 5.88. The fourth-order valence-corrected chi connectivity index (χ4v) is 7.02. The Morgan fingerprint density at radius 3 is 2.10 bits per heavy atom. The van der Waals surface area contributed by atoms with Gasteiger partial charge >= 0.3 is 0 Å². The molecule has 116 valence electrons. The summed E-state index contributed by atoms with van der Waals surface area (Å²) in [6, 6.07) is 0. The third-order valence-corrected chi connectivity index (χ3v) is 7.53. The topological polar surface area (TPSA) is 46.2 Å². The van der Waals surface area contributed by atoms with Crippen molar-refractivity contribution in [3.63, 3.8) is 0 Å². The van der Waals surface area contributed by atoms with Gasteiger partial charge in [0.2, 0.25) is 10.0 Å². The molecule has 4 bridgehead atoms. The number of hydrogen-bond donors (Lipinski definition) is 1. The predicted molar refractivity (Wildman–Crippen MR) is 81.8 cm³/mol. The number of hydrogen-bond acceptors (Lipinski definition) is 2. The van der Waals surface area contributed by atoms with Crippen LogP contribution in [0, 0.1) is 29.1 Å². The minimum atomic E-state index is -3.09. The molecule has 0 saturated heterocycles. The van der Waals surface area contributed by atoms with Crippen molar-refractivity contribution in [2.45, 2.75) is 65.3 Å². The van der Waals surface area contributed by atoms with Crippen molar-refractivity contribution in [1.29, 1.82) is 0 Å². The van der Waals surface area contributed by atoms with Crippen molar-refractivity contribution in [2.24, 2.45) is 29.1 Å². The molecule has 0 aliphatic heterocycles. The first-order valence-corrected chi connectivity index (χ1v) is 9.81. The largest absolute Gasteiger partial charge is 0.212 e. The highest BCUT2D eigenvalue weighted by molar-refractivity contribution is 7.89. The van der Waals surface area contributed by atoms with Gasteiger partial charge in [-0.2, -0.15) is 0 Å². The zero-order valence-electron chi connectivity index (χ0n) is 13.3. The molecule has 3 nitrogen and oxygen atoms in total. The average molecular weight is 299 g/mol. The molecule has 0 heterocycles. The summed E-state index contributed by atoms with van der Waals surface area (Å²) in [5.41, 5.74) is 0.251. The van der Waals surface area contributed by atoms with E-state index in [1.165, 1.54) is 12.8 Å². The first-order valence-electron chi connectivity index (χ1n) is 8.16. The SMILES string of the molecule is CCS(=O)(=O)NC12CC3CC(C1)C(C(C)(C)C)C(C3)C2. The van der Waals surface area contributed by atoms with Crippen LogP contribution in [0.4, 0.5) is 0 Å². The Kier molecular flexibility index (Phi) is 3.30. The van der Waals surface area contributed by atoms with Crippen molar-refractivity contribution < 1.29 is 8.42 Å². The van der Waals surface area contributed by atoms with Crippen LogP contribution in [0.5, 0.6) is 0 Å². The molecule has 1 N–H and O–H groups in total. The van der Waals surface area contributed by atoms with Crippen LogP contribution < -0.4 is 4.72 Å². The highest BCUT2D eigenvalue weighted by Gasteiger charge is 2.58. The molecule has 0 aromatic rings. The van der Waals surface area contributed by atoms with Crippen LogP contribution in [0.1, 0.15) is 59.8 Å². The fourth-order valence-electron chi connectivity index (χ4n) is 5.97. The van der Waals surface area contributed by atoms with Gasteiger partial charge in [-0.15, -0.1) is 0 Å². The molecule has 0 radical (unpaired) electrons. The van der Waals surface area contributed by atoms with E-state index in [0.717, 1.165) is 42.9 Å². The zero-order valence-corrected chi connectivity index (χ0v) is 14.1. The number of nitrogens with one attached hydrogen (secondary N) is 1. The average Bonchev–Trinajstić information content (AvgIpc) is 2.23. The second-order valence-corrected chi connectivity index (χ2v) is 10.7. The fraction of sp³-hybridized carbons (Fsp3) is 1.00. The van der Waals surface area contributed by atoms with Crippen LogP contribution in [-0.4, -0.2) is 19.7 Å². The van der Waals surface area contributed by atoms with Gasteiger partial charge in [-0.1, -0.05) is 20.8 Å². The number of rotatable bonds is 3. The van der Waals surface area contributed by atoms with Crippen molar-refractivity contribution >= 4 is 10.0 Å². The van der Waals surface area contributed by atoms with E-state index in [2.05, 4.69) is 25.5 Å². The molecule has 4 saturated carbocycles. The second-order valence-electron chi connectivity index (χ2n) is 8.65. The number of sulfonamides is 1. The molecule has 2 unspecified atom stereocenters. The first kappa shape index (κ1) is 14.8. The lowest BCUT2D eigenvalue weighted by Crippen LogP contribution is -2.63. The van der Waals surface area contributed by atoms with E-state index in [1.807, 2.05) is 0 Å². The molecule has 20 heavy (non-hydrogen) atoms. The van der Waals surface area contributed by atoms with E-state index >= 15 is 0 Å². The zero-order chi connectivity index (χ0) is 14.8. The molecule has 4 aliphatic rings. The van der Waals surface area contributed by atoms with E-state index in [0.29, 0.717) is 5.41 Å². The summed E-state index contributed by atoms with van der Waals surface area (Å²) in [5, 5.41) is 0. The summed E-state index contributed by atoms with van der Waals surface area (Å²) >= 11 is 0. The maximum atomic E-state index is 12.1. The van der Waals surface area contributed by atoms with Crippen LogP contribution in [0.15, 0.2) is 0 Å². The lowest BCUT2D eigenvalue weighted by atomic mass is 9.45. The van der Waals surface area contributed by atoms with Gasteiger partial charge in [-0.05, 0) is 68.1 Å². The van der Waals surface area contributed by atoms with E-state index in [1.54, 1.807) is 6.92 Å². The lowest BCUT2D eigenvalue weighted by Gasteiger charge is -2.62. The molecule has 4 fully saturated rings. The quantitative estimate of drug-likeness (QED) is 0.870. The lowest BCUT2D eigenvalue weighted by molar-refractivity contribution is -0.0969. The van der Waals surface area contributed by atoms with Gasteiger partial charge in [0.25, 0.3) is 0 Å². The van der Waals surface area contributed by atoms with Gasteiger partial charge in [-0.3, -0.25) is 0 Å². The van der Waals surface area contributed by atoms with E-state index in [4.69, 9.17) is 0 Å². The standard InChI is InChI=1S/C16H29NO2S/c1-5-20(18,19)17-16-8-11-6-12(9-16)14(15(2,3)4)13(7-11)10-16/h11-14,17H,5-10H2,1-4H3. The van der Waals surface area contributed by atoms with E-state index < -0.39 is 10.0 Å². The van der Waals surface area contributed by atoms with Crippen molar-refractivity contribution in [3.05, 3.63) is 0 Å². The monoisotopic (exact) mass is 299 g/mol. The van der Waals surface area contributed by atoms with E-state index in [9.17, 15) is 8.42 Å². The maximum Gasteiger partial charge on any atom is 0.211 e. The second kappa shape index (κ2) is 4.45. The summed E-state index contributed by atoms with van der Waals surface area (Å²) < 4.78 is 27.2. The highest BCUT2D eigenvalue weighted by Crippen LogP contribution is 2.62. The molecular formula is C16H29NO2S. The molecule has 4 rings (SSSR count). The van der Waals surface area contributed by atoms with Crippen molar-refractivity contribution in [3.8, 4) is 0 Å². The smallest absolute Gasteiger partial charge is 0.211 e. The molecule has 4 aliphatic carbocycles. The highest BCUT2D eigenvalue weighted by atomic mass is 32.2. The Balaban J connectivity index is 1.87. The Morgan fingerprint density at radius 2 is 1.65 bits per heavy atom. The van der Waals surface area contributed by atoms with E-state index in [-0.39, 0.29) is 11.3 Å². The predicted octanol–water partition coefficient (Wildman–Crippen LogP) is 3.17. The van der Waals surface area contributed by atoms with Crippen LogP contribution in [0.25, 0.3) is 0 Å². The van der Waals surface area contributed by atoms with Crippen LogP contribution in [0.3, 0.4) is 0 Å².